The van der Waals surface area contributed by atoms with Crippen LogP contribution in [0.15, 0.2) is 28.7 Å². The molecule has 1 unspecified atom stereocenters. The van der Waals surface area contributed by atoms with Gasteiger partial charge in [-0.25, -0.2) is 0 Å². The topological polar surface area (TPSA) is 25.2 Å². The van der Waals surface area contributed by atoms with Crippen molar-refractivity contribution in [1.82, 2.24) is 5.32 Å². The van der Waals surface area contributed by atoms with E-state index < -0.39 is 0 Å². The zero-order valence-corrected chi connectivity index (χ0v) is 13.7. The molecule has 21 heavy (non-hydrogen) atoms. The van der Waals surface area contributed by atoms with Crippen molar-refractivity contribution in [2.75, 3.05) is 6.54 Å². The number of hydrogen-bond donors (Lipinski definition) is 1. The van der Waals surface area contributed by atoms with Gasteiger partial charge in [-0.3, -0.25) is 0 Å². The van der Waals surface area contributed by atoms with Crippen molar-refractivity contribution < 1.29 is 4.42 Å². The lowest BCUT2D eigenvalue weighted by Gasteiger charge is -2.40. The van der Waals surface area contributed by atoms with E-state index in [9.17, 15) is 0 Å². The molecular weight excluding hydrogens is 282 g/mol. The van der Waals surface area contributed by atoms with Crippen molar-refractivity contribution in [2.24, 2.45) is 5.41 Å². The summed E-state index contributed by atoms with van der Waals surface area (Å²) in [5, 5.41) is 5.52. The van der Waals surface area contributed by atoms with Gasteiger partial charge in [0.1, 0.15) is 11.3 Å². The number of nitrogens with one attached hydrogen (secondary N) is 1. The van der Waals surface area contributed by atoms with Gasteiger partial charge in [0.15, 0.2) is 0 Å². The first-order chi connectivity index (χ1) is 10.1. The first-order valence-corrected chi connectivity index (χ1v) is 8.42. The number of hydrogen-bond acceptors (Lipinski definition) is 2. The summed E-state index contributed by atoms with van der Waals surface area (Å²) < 4.78 is 6.14. The molecule has 1 atom stereocenters. The molecular formula is C18H24ClNO. The molecule has 0 amide bonds. The van der Waals surface area contributed by atoms with Crippen LogP contribution in [0.3, 0.4) is 0 Å². The number of fused-ring (bicyclic) bond motifs is 1. The summed E-state index contributed by atoms with van der Waals surface area (Å²) in [6.45, 7) is 5.52. The van der Waals surface area contributed by atoms with Crippen LogP contribution >= 0.6 is 11.6 Å². The maximum Gasteiger partial charge on any atom is 0.134 e. The van der Waals surface area contributed by atoms with Crippen LogP contribution in [0, 0.1) is 5.41 Å². The Balaban J connectivity index is 1.98. The number of halogens is 1. The predicted octanol–water partition coefficient (Wildman–Crippen LogP) is 5.71. The second-order valence-corrected chi connectivity index (χ2v) is 6.97. The first kappa shape index (κ1) is 14.9. The maximum atomic E-state index is 6.14. The minimum atomic E-state index is 0.284. The van der Waals surface area contributed by atoms with E-state index in [-0.39, 0.29) is 11.5 Å². The average molecular weight is 306 g/mol. The minimum absolute atomic E-state index is 0.284. The van der Waals surface area contributed by atoms with Crippen LogP contribution in [-0.2, 0) is 0 Å². The summed E-state index contributed by atoms with van der Waals surface area (Å²) >= 11 is 6.09. The molecule has 0 spiro atoms. The third-order valence-electron chi connectivity index (χ3n) is 4.88. The summed E-state index contributed by atoms with van der Waals surface area (Å²) in [6, 6.07) is 8.29. The van der Waals surface area contributed by atoms with E-state index in [1.807, 2.05) is 18.2 Å². The third kappa shape index (κ3) is 2.97. The second kappa shape index (κ2) is 6.02. The smallest absolute Gasteiger partial charge is 0.134 e. The van der Waals surface area contributed by atoms with Gasteiger partial charge in [0.2, 0.25) is 0 Å². The fraction of sp³-hybridized carbons (Fsp3) is 0.556. The van der Waals surface area contributed by atoms with Crippen molar-refractivity contribution in [3.05, 3.63) is 35.0 Å². The molecule has 1 aliphatic rings. The summed E-state index contributed by atoms with van der Waals surface area (Å²) in [6.07, 6.45) is 6.55. The SMILES string of the molecule is CCNC(c1cc2cc(Cl)ccc2o1)C1(C)CCCCC1. The summed E-state index contributed by atoms with van der Waals surface area (Å²) in [4.78, 5) is 0. The Labute approximate surface area is 131 Å². The Morgan fingerprint density at radius 1 is 1.24 bits per heavy atom. The van der Waals surface area contributed by atoms with E-state index in [1.54, 1.807) is 0 Å². The van der Waals surface area contributed by atoms with Crippen LogP contribution in [0.2, 0.25) is 5.02 Å². The molecule has 3 heteroatoms. The fourth-order valence-electron chi connectivity index (χ4n) is 3.72. The predicted molar refractivity (Wildman–Crippen MR) is 88.8 cm³/mol. The Morgan fingerprint density at radius 2 is 2.00 bits per heavy atom. The highest BCUT2D eigenvalue weighted by atomic mass is 35.5. The second-order valence-electron chi connectivity index (χ2n) is 6.54. The van der Waals surface area contributed by atoms with E-state index in [4.69, 9.17) is 16.0 Å². The normalized spacial score (nSPS) is 19.8. The first-order valence-electron chi connectivity index (χ1n) is 8.05. The lowest BCUT2D eigenvalue weighted by molar-refractivity contribution is 0.131. The van der Waals surface area contributed by atoms with E-state index in [1.165, 1.54) is 32.1 Å². The molecule has 1 saturated carbocycles. The van der Waals surface area contributed by atoms with Crippen LogP contribution in [0.1, 0.15) is 57.8 Å². The highest BCUT2D eigenvalue weighted by Gasteiger charge is 2.37. The maximum absolute atomic E-state index is 6.14. The summed E-state index contributed by atoms with van der Waals surface area (Å²) in [7, 11) is 0. The highest BCUT2D eigenvalue weighted by Crippen LogP contribution is 2.46. The molecule has 2 aromatic rings. The zero-order chi connectivity index (χ0) is 14.9. The standard InChI is InChI=1S/C18H24ClNO/c1-3-20-17(18(2)9-5-4-6-10-18)16-12-13-11-14(19)7-8-15(13)21-16/h7-8,11-12,17,20H,3-6,9-10H2,1-2H3. The minimum Gasteiger partial charge on any atom is -0.459 e. The number of benzene rings is 1. The van der Waals surface area contributed by atoms with Gasteiger partial charge in [0.05, 0.1) is 6.04 Å². The largest absolute Gasteiger partial charge is 0.459 e. The van der Waals surface area contributed by atoms with Crippen LogP contribution in [0.4, 0.5) is 0 Å². The van der Waals surface area contributed by atoms with E-state index in [0.29, 0.717) is 0 Å². The molecule has 1 aliphatic carbocycles. The molecule has 0 bridgehead atoms. The molecule has 0 saturated heterocycles. The average Bonchev–Trinajstić information content (AvgIpc) is 2.87. The van der Waals surface area contributed by atoms with Crippen LogP contribution in [0.5, 0.6) is 0 Å². The van der Waals surface area contributed by atoms with E-state index in [0.717, 1.165) is 28.3 Å². The monoisotopic (exact) mass is 305 g/mol. The van der Waals surface area contributed by atoms with Crippen molar-refractivity contribution in [2.45, 2.75) is 52.0 Å². The van der Waals surface area contributed by atoms with Crippen molar-refractivity contribution in [1.29, 1.82) is 0 Å². The van der Waals surface area contributed by atoms with Crippen molar-refractivity contribution in [3.63, 3.8) is 0 Å². The molecule has 1 heterocycles. The lowest BCUT2D eigenvalue weighted by atomic mass is 9.70. The Hall–Kier alpha value is -0.990. The van der Waals surface area contributed by atoms with Crippen molar-refractivity contribution >= 4 is 22.6 Å². The molecule has 114 valence electrons. The molecule has 1 N–H and O–H groups in total. The van der Waals surface area contributed by atoms with Gasteiger partial charge in [0, 0.05) is 10.4 Å². The van der Waals surface area contributed by atoms with E-state index >= 15 is 0 Å². The fourth-order valence-corrected chi connectivity index (χ4v) is 3.90. The van der Waals surface area contributed by atoms with Crippen LogP contribution in [-0.4, -0.2) is 6.54 Å². The lowest BCUT2D eigenvalue weighted by Crippen LogP contribution is -2.37. The van der Waals surface area contributed by atoms with Crippen LogP contribution < -0.4 is 5.32 Å². The molecule has 0 aliphatic heterocycles. The quantitative estimate of drug-likeness (QED) is 0.783. The Kier molecular flexibility index (Phi) is 4.28. The van der Waals surface area contributed by atoms with Crippen molar-refractivity contribution in [3.8, 4) is 0 Å². The molecule has 1 aromatic carbocycles. The highest BCUT2D eigenvalue weighted by molar-refractivity contribution is 6.31. The summed E-state index contributed by atoms with van der Waals surface area (Å²) in [5.41, 5.74) is 1.21. The van der Waals surface area contributed by atoms with Gasteiger partial charge in [-0.15, -0.1) is 0 Å². The van der Waals surface area contributed by atoms with E-state index in [2.05, 4.69) is 25.2 Å². The van der Waals surface area contributed by atoms with Gasteiger partial charge >= 0.3 is 0 Å². The Morgan fingerprint density at radius 3 is 2.71 bits per heavy atom. The molecule has 0 radical (unpaired) electrons. The zero-order valence-electron chi connectivity index (χ0n) is 12.9. The third-order valence-corrected chi connectivity index (χ3v) is 5.12. The molecule has 1 aromatic heterocycles. The Bertz CT molecular complexity index is 613. The molecule has 3 rings (SSSR count). The van der Waals surface area contributed by atoms with Gasteiger partial charge in [-0.05, 0) is 49.1 Å². The molecule has 2 nitrogen and oxygen atoms in total. The van der Waals surface area contributed by atoms with Gasteiger partial charge in [0.25, 0.3) is 0 Å². The van der Waals surface area contributed by atoms with Gasteiger partial charge < -0.3 is 9.73 Å². The number of furan rings is 1. The van der Waals surface area contributed by atoms with Crippen LogP contribution in [0.25, 0.3) is 11.0 Å². The van der Waals surface area contributed by atoms with Gasteiger partial charge in [-0.1, -0.05) is 44.7 Å². The molecule has 1 fully saturated rings. The number of rotatable bonds is 4. The van der Waals surface area contributed by atoms with Gasteiger partial charge in [-0.2, -0.15) is 0 Å². The summed E-state index contributed by atoms with van der Waals surface area (Å²) in [5.74, 6) is 1.05.